The summed E-state index contributed by atoms with van der Waals surface area (Å²) in [4.78, 5) is 0. The zero-order chi connectivity index (χ0) is 15.4. The van der Waals surface area contributed by atoms with Crippen molar-refractivity contribution in [2.24, 2.45) is 10.9 Å². The Morgan fingerprint density at radius 1 is 1.14 bits per heavy atom. The molecule has 0 radical (unpaired) electrons. The van der Waals surface area contributed by atoms with Gasteiger partial charge in [-0.25, -0.2) is 13.2 Å². The summed E-state index contributed by atoms with van der Waals surface area (Å²) in [5.74, 6) is -4.15. The number of rotatable bonds is 4. The van der Waals surface area contributed by atoms with Crippen LogP contribution >= 0.6 is 0 Å². The lowest BCUT2D eigenvalue weighted by Gasteiger charge is -2.11. The molecule has 4 N–H and O–H groups in total. The zero-order valence-corrected chi connectivity index (χ0v) is 10.8. The molecule has 0 unspecified atom stereocenters. The number of anilines is 1. The molecule has 0 spiro atoms. The van der Waals surface area contributed by atoms with Crippen LogP contribution in [0.25, 0.3) is 0 Å². The number of halogens is 3. The first-order chi connectivity index (χ1) is 10.0. The maximum atomic E-state index is 13.1. The minimum Gasteiger partial charge on any atom is -0.409 e. The van der Waals surface area contributed by atoms with Gasteiger partial charge >= 0.3 is 0 Å². The van der Waals surface area contributed by atoms with E-state index in [1.54, 1.807) is 24.3 Å². The molecule has 2 aromatic rings. The average Bonchev–Trinajstić information content (AvgIpc) is 2.50. The molecule has 0 aliphatic carbocycles. The van der Waals surface area contributed by atoms with E-state index in [9.17, 15) is 13.2 Å². The van der Waals surface area contributed by atoms with Crippen molar-refractivity contribution in [3.05, 3.63) is 65.0 Å². The number of hydrogen-bond donors (Lipinski definition) is 3. The van der Waals surface area contributed by atoms with Crippen molar-refractivity contribution in [1.82, 2.24) is 0 Å². The second kappa shape index (κ2) is 6.17. The Balaban J connectivity index is 2.21. The first kappa shape index (κ1) is 14.7. The fraction of sp³-hybridized carbons (Fsp3) is 0.0714. The number of nitrogens with one attached hydrogen (secondary N) is 1. The summed E-state index contributed by atoms with van der Waals surface area (Å²) in [6, 6.07) is 8.48. The molecule has 7 heteroatoms. The molecule has 2 rings (SSSR count). The van der Waals surface area contributed by atoms with Crippen LogP contribution in [0.2, 0.25) is 0 Å². The lowest BCUT2D eigenvalue weighted by molar-refractivity contribution is 0.318. The van der Waals surface area contributed by atoms with Crippen LogP contribution in [0.15, 0.2) is 41.6 Å². The Hall–Kier alpha value is -2.70. The van der Waals surface area contributed by atoms with Crippen LogP contribution in [-0.2, 0) is 6.54 Å². The number of amidine groups is 1. The topological polar surface area (TPSA) is 70.6 Å². The van der Waals surface area contributed by atoms with Gasteiger partial charge in [0.2, 0.25) is 0 Å². The molecule has 0 bridgehead atoms. The van der Waals surface area contributed by atoms with Crippen LogP contribution in [0.3, 0.4) is 0 Å². The van der Waals surface area contributed by atoms with Crippen molar-refractivity contribution in [1.29, 1.82) is 0 Å². The van der Waals surface area contributed by atoms with E-state index in [2.05, 4.69) is 10.5 Å². The van der Waals surface area contributed by atoms with Gasteiger partial charge < -0.3 is 16.3 Å². The summed E-state index contributed by atoms with van der Waals surface area (Å²) in [5, 5.41) is 14.4. The van der Waals surface area contributed by atoms with E-state index in [4.69, 9.17) is 10.9 Å². The largest absolute Gasteiger partial charge is 0.409 e. The molecule has 0 aliphatic heterocycles. The molecule has 0 aromatic heterocycles. The molecule has 0 amide bonds. The molecule has 110 valence electrons. The number of nitrogens with zero attached hydrogens (tertiary/aromatic N) is 1. The standard InChI is InChI=1S/C14H12F3N3O/c15-11-5-9(6-12(16)13(11)17)19-7-8-3-1-2-4-10(8)14(18)20-21/h1-6,19,21H,7H2,(H2,18,20). The van der Waals surface area contributed by atoms with Gasteiger partial charge in [-0.1, -0.05) is 29.4 Å². The smallest absolute Gasteiger partial charge is 0.194 e. The third-order valence-corrected chi connectivity index (χ3v) is 2.87. The molecule has 0 aliphatic rings. The van der Waals surface area contributed by atoms with Gasteiger partial charge in [0.1, 0.15) is 0 Å². The maximum Gasteiger partial charge on any atom is 0.194 e. The van der Waals surface area contributed by atoms with Gasteiger partial charge in [0, 0.05) is 29.9 Å². The van der Waals surface area contributed by atoms with Crippen molar-refractivity contribution in [2.75, 3.05) is 5.32 Å². The Bertz CT molecular complexity index is 666. The van der Waals surface area contributed by atoms with Gasteiger partial charge in [0.15, 0.2) is 23.3 Å². The van der Waals surface area contributed by atoms with Crippen molar-refractivity contribution in [3.8, 4) is 0 Å². The van der Waals surface area contributed by atoms with E-state index in [0.29, 0.717) is 11.1 Å². The highest BCUT2D eigenvalue weighted by Gasteiger charge is 2.11. The minimum atomic E-state index is -1.52. The number of benzene rings is 2. The average molecular weight is 295 g/mol. The van der Waals surface area contributed by atoms with E-state index in [1.165, 1.54) is 0 Å². The van der Waals surface area contributed by atoms with Gasteiger partial charge in [0.05, 0.1) is 0 Å². The van der Waals surface area contributed by atoms with Gasteiger partial charge in [-0.2, -0.15) is 0 Å². The van der Waals surface area contributed by atoms with E-state index >= 15 is 0 Å². The van der Waals surface area contributed by atoms with Crippen LogP contribution in [0.5, 0.6) is 0 Å². The van der Waals surface area contributed by atoms with Crippen LogP contribution in [0, 0.1) is 17.5 Å². The second-order valence-electron chi connectivity index (χ2n) is 4.25. The van der Waals surface area contributed by atoms with E-state index in [0.717, 1.165) is 12.1 Å². The zero-order valence-electron chi connectivity index (χ0n) is 10.8. The highest BCUT2D eigenvalue weighted by Crippen LogP contribution is 2.18. The predicted molar refractivity (Wildman–Crippen MR) is 72.6 cm³/mol. The molecule has 4 nitrogen and oxygen atoms in total. The number of hydrogen-bond acceptors (Lipinski definition) is 3. The summed E-state index contributed by atoms with van der Waals surface area (Å²) >= 11 is 0. The highest BCUT2D eigenvalue weighted by molar-refractivity contribution is 5.98. The van der Waals surface area contributed by atoms with Gasteiger partial charge in [-0.3, -0.25) is 0 Å². The molecule has 0 saturated carbocycles. The third kappa shape index (κ3) is 3.25. The first-order valence-corrected chi connectivity index (χ1v) is 5.97. The summed E-state index contributed by atoms with van der Waals surface area (Å²) < 4.78 is 39.1. The second-order valence-corrected chi connectivity index (χ2v) is 4.25. The molecule has 0 atom stereocenters. The normalized spacial score (nSPS) is 11.5. The molecule has 0 heterocycles. The number of nitrogens with two attached hydrogens (primary N) is 1. The van der Waals surface area contributed by atoms with Crippen molar-refractivity contribution in [3.63, 3.8) is 0 Å². The molecular weight excluding hydrogens is 283 g/mol. The molecule has 0 fully saturated rings. The van der Waals surface area contributed by atoms with Crippen LogP contribution < -0.4 is 11.1 Å². The fourth-order valence-corrected chi connectivity index (χ4v) is 1.83. The maximum absolute atomic E-state index is 13.1. The van der Waals surface area contributed by atoms with Crippen molar-refractivity contribution < 1.29 is 18.4 Å². The quantitative estimate of drug-likeness (QED) is 0.267. The van der Waals surface area contributed by atoms with Crippen LogP contribution in [-0.4, -0.2) is 11.0 Å². The fourth-order valence-electron chi connectivity index (χ4n) is 1.83. The molecule has 21 heavy (non-hydrogen) atoms. The summed E-state index contributed by atoms with van der Waals surface area (Å²) in [6.45, 7) is 0.164. The molecule has 0 saturated heterocycles. The predicted octanol–water partition coefficient (Wildman–Crippen LogP) is 2.81. The molecule has 2 aromatic carbocycles. The summed E-state index contributed by atoms with van der Waals surface area (Å²) in [5.41, 5.74) is 6.75. The first-order valence-electron chi connectivity index (χ1n) is 5.97. The van der Waals surface area contributed by atoms with Crippen molar-refractivity contribution >= 4 is 11.5 Å². The lowest BCUT2D eigenvalue weighted by atomic mass is 10.1. The van der Waals surface area contributed by atoms with Crippen LogP contribution in [0.4, 0.5) is 18.9 Å². The Morgan fingerprint density at radius 2 is 1.76 bits per heavy atom. The molecular formula is C14H12F3N3O. The van der Waals surface area contributed by atoms with E-state index in [-0.39, 0.29) is 18.1 Å². The number of oxime groups is 1. The summed E-state index contributed by atoms with van der Waals surface area (Å²) in [7, 11) is 0. The van der Waals surface area contributed by atoms with Gasteiger partial charge in [0.25, 0.3) is 0 Å². The van der Waals surface area contributed by atoms with E-state index in [1.807, 2.05) is 0 Å². The SMILES string of the molecule is NC(=NO)c1ccccc1CNc1cc(F)c(F)c(F)c1. The third-order valence-electron chi connectivity index (χ3n) is 2.87. The van der Waals surface area contributed by atoms with Crippen molar-refractivity contribution in [2.45, 2.75) is 6.54 Å². The monoisotopic (exact) mass is 295 g/mol. The minimum absolute atomic E-state index is 0.0798. The van der Waals surface area contributed by atoms with E-state index < -0.39 is 17.5 Å². The Kier molecular flexibility index (Phi) is 4.32. The highest BCUT2D eigenvalue weighted by atomic mass is 19.2. The van der Waals surface area contributed by atoms with Gasteiger partial charge in [-0.15, -0.1) is 0 Å². The lowest BCUT2D eigenvalue weighted by Crippen LogP contribution is -2.16. The van der Waals surface area contributed by atoms with Crippen LogP contribution in [0.1, 0.15) is 11.1 Å². The Labute approximate surface area is 118 Å². The van der Waals surface area contributed by atoms with Gasteiger partial charge in [-0.05, 0) is 5.56 Å². The Morgan fingerprint density at radius 3 is 2.38 bits per heavy atom. The summed E-state index contributed by atoms with van der Waals surface area (Å²) in [6.07, 6.45) is 0.